The number of β-amino-alcohol motifs (C(OH)–C–C–N with tert-alkyl or cyclic N) is 1. The summed E-state index contributed by atoms with van der Waals surface area (Å²) < 4.78 is 10.6. The van der Waals surface area contributed by atoms with Gasteiger partial charge in [-0.3, -0.25) is 4.79 Å². The van der Waals surface area contributed by atoms with Crippen molar-refractivity contribution in [2.45, 2.75) is 24.9 Å². The van der Waals surface area contributed by atoms with E-state index in [9.17, 15) is 15.0 Å². The number of nitrogens with zero attached hydrogens (tertiary/aromatic N) is 1. The van der Waals surface area contributed by atoms with Crippen LogP contribution in [0.4, 0.5) is 0 Å². The molecule has 1 aromatic rings. The van der Waals surface area contributed by atoms with Gasteiger partial charge in [-0.25, -0.2) is 0 Å². The van der Waals surface area contributed by atoms with Gasteiger partial charge in [0.15, 0.2) is 11.5 Å². The molecule has 0 aliphatic carbocycles. The van der Waals surface area contributed by atoms with E-state index in [1.807, 2.05) is 12.1 Å². The number of ether oxygens (including phenoxy) is 2. The molecule has 1 aliphatic rings. The summed E-state index contributed by atoms with van der Waals surface area (Å²) in [7, 11) is 3.09. The van der Waals surface area contributed by atoms with Crippen LogP contribution in [0.1, 0.15) is 18.4 Å². The van der Waals surface area contributed by atoms with Gasteiger partial charge in [0.2, 0.25) is 5.91 Å². The van der Waals surface area contributed by atoms with Crippen LogP contribution in [-0.2, 0) is 11.2 Å². The topological polar surface area (TPSA) is 79.2 Å². The minimum absolute atomic E-state index is 0.0990. The van der Waals surface area contributed by atoms with E-state index in [2.05, 4.69) is 0 Å². The number of benzene rings is 1. The van der Waals surface area contributed by atoms with Crippen LogP contribution in [0.5, 0.6) is 11.5 Å². The van der Waals surface area contributed by atoms with Crippen molar-refractivity contribution in [2.24, 2.45) is 0 Å². The van der Waals surface area contributed by atoms with Gasteiger partial charge in [-0.2, -0.15) is 0 Å². The Morgan fingerprint density at radius 2 is 2.14 bits per heavy atom. The fourth-order valence-electron chi connectivity index (χ4n) is 2.82. The summed E-state index contributed by atoms with van der Waals surface area (Å²) in [5.41, 5.74) is -0.447. The number of aliphatic hydroxyl groups excluding tert-OH is 1. The van der Waals surface area contributed by atoms with Crippen LogP contribution in [0.15, 0.2) is 18.2 Å². The Morgan fingerprint density at radius 1 is 1.36 bits per heavy atom. The first-order valence-corrected chi connectivity index (χ1v) is 7.34. The number of piperidine rings is 1. The Labute approximate surface area is 130 Å². The molecule has 0 bridgehead atoms. The number of para-hydroxylation sites is 1. The first-order valence-electron chi connectivity index (χ1n) is 7.34. The first kappa shape index (κ1) is 16.6. The molecule has 0 aromatic heterocycles. The van der Waals surface area contributed by atoms with Gasteiger partial charge < -0.3 is 24.6 Å². The van der Waals surface area contributed by atoms with Crippen LogP contribution in [-0.4, -0.2) is 60.5 Å². The molecule has 1 aromatic carbocycles. The molecule has 1 heterocycles. The maximum Gasteiger partial charge on any atom is 0.227 e. The molecule has 0 radical (unpaired) electrons. The monoisotopic (exact) mass is 309 g/mol. The Balaban J connectivity index is 2.12. The van der Waals surface area contributed by atoms with Gasteiger partial charge in [-0.1, -0.05) is 12.1 Å². The van der Waals surface area contributed by atoms with Crippen molar-refractivity contribution >= 4 is 5.91 Å². The van der Waals surface area contributed by atoms with Crippen LogP contribution >= 0.6 is 0 Å². The highest BCUT2D eigenvalue weighted by Crippen LogP contribution is 2.31. The number of aliphatic hydroxyl groups is 2. The van der Waals surface area contributed by atoms with Gasteiger partial charge in [0.25, 0.3) is 0 Å². The van der Waals surface area contributed by atoms with Crippen molar-refractivity contribution in [3.8, 4) is 11.5 Å². The zero-order valence-corrected chi connectivity index (χ0v) is 13.0. The summed E-state index contributed by atoms with van der Waals surface area (Å²) in [6.07, 6.45) is 1.36. The Hall–Kier alpha value is -1.79. The minimum Gasteiger partial charge on any atom is -0.493 e. The lowest BCUT2D eigenvalue weighted by atomic mass is 9.93. The van der Waals surface area contributed by atoms with Crippen molar-refractivity contribution in [3.05, 3.63) is 23.8 Å². The maximum atomic E-state index is 12.5. The van der Waals surface area contributed by atoms with Crippen LogP contribution in [0.2, 0.25) is 0 Å². The normalized spacial score (nSPS) is 21.5. The van der Waals surface area contributed by atoms with E-state index < -0.39 is 5.60 Å². The van der Waals surface area contributed by atoms with E-state index in [1.165, 1.54) is 7.11 Å². The molecule has 0 saturated carbocycles. The van der Waals surface area contributed by atoms with E-state index in [0.29, 0.717) is 30.9 Å². The predicted molar refractivity (Wildman–Crippen MR) is 81.1 cm³/mol. The summed E-state index contributed by atoms with van der Waals surface area (Å²) in [5, 5.41) is 19.4. The molecule has 2 N–H and O–H groups in total. The number of carbonyl (C=O) groups is 1. The van der Waals surface area contributed by atoms with Gasteiger partial charge in [-0.05, 0) is 18.9 Å². The number of carbonyl (C=O) groups excluding carboxylic acids is 1. The first-order chi connectivity index (χ1) is 10.5. The second kappa shape index (κ2) is 6.98. The number of likely N-dealkylation sites (tertiary alicyclic amines) is 1. The molecule has 6 nitrogen and oxygen atoms in total. The lowest BCUT2D eigenvalue weighted by Gasteiger charge is -2.38. The molecule has 22 heavy (non-hydrogen) atoms. The summed E-state index contributed by atoms with van der Waals surface area (Å²) in [6, 6.07) is 5.41. The van der Waals surface area contributed by atoms with Crippen molar-refractivity contribution in [1.82, 2.24) is 4.90 Å². The quantitative estimate of drug-likeness (QED) is 0.832. The smallest absolute Gasteiger partial charge is 0.227 e. The molecule has 1 fully saturated rings. The number of amides is 1. The van der Waals surface area contributed by atoms with E-state index in [-0.39, 0.29) is 25.5 Å². The highest BCUT2D eigenvalue weighted by Gasteiger charge is 2.34. The molecular formula is C16H23NO5. The average molecular weight is 309 g/mol. The van der Waals surface area contributed by atoms with Crippen molar-refractivity contribution in [2.75, 3.05) is 33.9 Å². The molecule has 1 saturated heterocycles. The SMILES string of the molecule is COc1cccc(CC(=O)N2CCCC(O)(CO)C2)c1OC. The summed E-state index contributed by atoms with van der Waals surface area (Å²) in [4.78, 5) is 14.1. The predicted octanol–water partition coefficient (Wildman–Crippen LogP) is 0.592. The summed E-state index contributed by atoms with van der Waals surface area (Å²) >= 11 is 0. The van der Waals surface area contributed by atoms with E-state index in [1.54, 1.807) is 18.1 Å². The second-order valence-corrected chi connectivity index (χ2v) is 5.63. The highest BCUT2D eigenvalue weighted by molar-refractivity contribution is 5.80. The van der Waals surface area contributed by atoms with Crippen LogP contribution in [0.3, 0.4) is 0 Å². The number of hydrogen-bond donors (Lipinski definition) is 2. The Kier molecular flexibility index (Phi) is 5.26. The van der Waals surface area contributed by atoms with Crippen molar-refractivity contribution in [1.29, 1.82) is 0 Å². The molecule has 6 heteroatoms. The second-order valence-electron chi connectivity index (χ2n) is 5.63. The van der Waals surface area contributed by atoms with Gasteiger partial charge in [0.05, 0.1) is 33.8 Å². The third kappa shape index (κ3) is 3.51. The zero-order valence-electron chi connectivity index (χ0n) is 13.0. The fraction of sp³-hybridized carbons (Fsp3) is 0.562. The Morgan fingerprint density at radius 3 is 2.77 bits per heavy atom. The largest absolute Gasteiger partial charge is 0.493 e. The lowest BCUT2D eigenvalue weighted by molar-refractivity contribution is -0.140. The number of methoxy groups -OCH3 is 2. The van der Waals surface area contributed by atoms with Crippen molar-refractivity contribution in [3.63, 3.8) is 0 Å². The van der Waals surface area contributed by atoms with Crippen LogP contribution in [0, 0.1) is 0 Å². The molecule has 1 unspecified atom stereocenters. The molecular weight excluding hydrogens is 286 g/mol. The number of hydrogen-bond acceptors (Lipinski definition) is 5. The fourth-order valence-corrected chi connectivity index (χ4v) is 2.82. The standard InChI is InChI=1S/C16H23NO5/c1-21-13-6-3-5-12(15(13)22-2)9-14(19)17-8-4-7-16(20,10-17)11-18/h3,5-6,18,20H,4,7-11H2,1-2H3. The van der Waals surface area contributed by atoms with Gasteiger partial charge in [-0.15, -0.1) is 0 Å². The summed E-state index contributed by atoms with van der Waals surface area (Å²) in [5.74, 6) is 1.03. The Bertz CT molecular complexity index is 533. The number of rotatable bonds is 5. The van der Waals surface area contributed by atoms with Crippen LogP contribution in [0.25, 0.3) is 0 Å². The van der Waals surface area contributed by atoms with E-state index >= 15 is 0 Å². The molecule has 1 aliphatic heterocycles. The minimum atomic E-state index is -1.19. The van der Waals surface area contributed by atoms with E-state index in [0.717, 1.165) is 5.56 Å². The van der Waals surface area contributed by atoms with Crippen molar-refractivity contribution < 1.29 is 24.5 Å². The van der Waals surface area contributed by atoms with Gasteiger partial charge in [0.1, 0.15) is 5.60 Å². The average Bonchev–Trinajstić information content (AvgIpc) is 2.54. The van der Waals surface area contributed by atoms with Gasteiger partial charge >= 0.3 is 0 Å². The molecule has 1 amide bonds. The zero-order chi connectivity index (χ0) is 16.2. The lowest BCUT2D eigenvalue weighted by Crippen LogP contribution is -2.52. The highest BCUT2D eigenvalue weighted by atomic mass is 16.5. The molecule has 2 rings (SSSR count). The third-order valence-electron chi connectivity index (χ3n) is 4.03. The van der Waals surface area contributed by atoms with Crippen LogP contribution < -0.4 is 9.47 Å². The molecule has 122 valence electrons. The van der Waals surface area contributed by atoms with E-state index in [4.69, 9.17) is 9.47 Å². The molecule has 1 atom stereocenters. The maximum absolute atomic E-state index is 12.5. The molecule has 0 spiro atoms. The van der Waals surface area contributed by atoms with Gasteiger partial charge in [0, 0.05) is 12.1 Å². The summed E-state index contributed by atoms with van der Waals surface area (Å²) in [6.45, 7) is 0.418. The third-order valence-corrected chi connectivity index (χ3v) is 4.03.